The number of aromatic amines is 1. The highest BCUT2D eigenvalue weighted by Crippen LogP contribution is 2.25. The maximum Gasteiger partial charge on any atom is 0.237 e. The Morgan fingerprint density at radius 1 is 1.05 bits per heavy atom. The fourth-order valence-corrected chi connectivity index (χ4v) is 4.78. The largest absolute Gasteiger partial charge is 0.457 e. The lowest BCUT2D eigenvalue weighted by molar-refractivity contribution is -0.124. The quantitative estimate of drug-likeness (QED) is 0.322. The summed E-state index contributed by atoms with van der Waals surface area (Å²) in [6.45, 7) is 1.78. The molecule has 37 heavy (non-hydrogen) atoms. The van der Waals surface area contributed by atoms with Gasteiger partial charge in [-0.25, -0.2) is 4.98 Å². The lowest BCUT2D eigenvalue weighted by atomic mass is 10.0. The van der Waals surface area contributed by atoms with E-state index in [0.717, 1.165) is 34.8 Å². The van der Waals surface area contributed by atoms with E-state index in [2.05, 4.69) is 26.3 Å². The summed E-state index contributed by atoms with van der Waals surface area (Å²) in [5, 5.41) is 13.2. The molecule has 0 aliphatic carbocycles. The van der Waals surface area contributed by atoms with Crippen molar-refractivity contribution in [1.82, 2.24) is 20.2 Å². The first-order valence-electron chi connectivity index (χ1n) is 12.1. The summed E-state index contributed by atoms with van der Waals surface area (Å²) in [4.78, 5) is 22.6. The summed E-state index contributed by atoms with van der Waals surface area (Å²) in [6, 6.07) is 24.7. The lowest BCUT2D eigenvalue weighted by Gasteiger charge is -2.26. The van der Waals surface area contributed by atoms with E-state index in [1.54, 1.807) is 18.3 Å². The Bertz CT molecular complexity index is 1430. The van der Waals surface area contributed by atoms with Gasteiger partial charge in [-0.1, -0.05) is 41.9 Å². The molecule has 8 heteroatoms. The molecule has 186 valence electrons. The van der Waals surface area contributed by atoms with Gasteiger partial charge in [0.25, 0.3) is 0 Å². The van der Waals surface area contributed by atoms with Crippen molar-refractivity contribution in [1.29, 1.82) is 5.26 Å². The zero-order valence-corrected chi connectivity index (χ0v) is 20.9. The van der Waals surface area contributed by atoms with Crippen molar-refractivity contribution < 1.29 is 9.53 Å². The van der Waals surface area contributed by atoms with E-state index < -0.39 is 0 Å². The number of nitrogens with one attached hydrogen (secondary N) is 2. The van der Waals surface area contributed by atoms with Crippen LogP contribution in [0, 0.1) is 11.3 Å². The molecular formula is C29H26ClN5O2. The number of amides is 1. The average molecular weight is 512 g/mol. The first kappa shape index (κ1) is 24.6. The summed E-state index contributed by atoms with van der Waals surface area (Å²) >= 11 is 6.19. The van der Waals surface area contributed by atoms with Crippen molar-refractivity contribution in [3.8, 4) is 17.6 Å². The highest BCUT2D eigenvalue weighted by molar-refractivity contribution is 6.30. The standard InChI is InChI=1S/C29H26ClN5O2/c30-23-6-4-5-20(13-23)18-35(27-11-12-32-29(27)36)19-24-17-33-28(34-24)15-22-14-26(10-9-21(22)16-31)37-25-7-2-1-3-8-25/h1-10,13-14,17,27H,11-12,15,18-19H2,(H,32,36)(H,33,34). The number of halogens is 1. The Kier molecular flexibility index (Phi) is 7.50. The van der Waals surface area contributed by atoms with Crippen LogP contribution in [0.5, 0.6) is 11.5 Å². The topological polar surface area (TPSA) is 94.0 Å². The van der Waals surface area contributed by atoms with E-state index >= 15 is 0 Å². The van der Waals surface area contributed by atoms with Crippen molar-refractivity contribution in [3.63, 3.8) is 0 Å². The Balaban J connectivity index is 1.33. The van der Waals surface area contributed by atoms with Gasteiger partial charge in [-0.15, -0.1) is 0 Å². The number of H-pyrrole nitrogens is 1. The molecule has 1 saturated heterocycles. The molecule has 4 aromatic rings. The highest BCUT2D eigenvalue weighted by atomic mass is 35.5. The van der Waals surface area contributed by atoms with Crippen LogP contribution in [0.2, 0.25) is 5.02 Å². The molecule has 3 aromatic carbocycles. The molecule has 0 radical (unpaired) electrons. The van der Waals surface area contributed by atoms with Crippen molar-refractivity contribution >= 4 is 17.5 Å². The molecule has 0 bridgehead atoms. The number of rotatable bonds is 9. The molecule has 1 aliphatic heterocycles. The number of carbonyl (C=O) groups is 1. The number of para-hydroxylation sites is 1. The van der Waals surface area contributed by atoms with E-state index in [4.69, 9.17) is 16.3 Å². The number of carbonyl (C=O) groups excluding carboxylic acids is 1. The van der Waals surface area contributed by atoms with Crippen molar-refractivity contribution in [2.24, 2.45) is 0 Å². The van der Waals surface area contributed by atoms with Gasteiger partial charge in [0.1, 0.15) is 17.3 Å². The molecule has 1 fully saturated rings. The fraction of sp³-hybridized carbons (Fsp3) is 0.207. The second-order valence-electron chi connectivity index (χ2n) is 9.01. The van der Waals surface area contributed by atoms with Crippen LogP contribution in [0.4, 0.5) is 0 Å². The van der Waals surface area contributed by atoms with Crippen molar-refractivity contribution in [2.45, 2.75) is 32.0 Å². The Morgan fingerprint density at radius 3 is 2.68 bits per heavy atom. The maximum atomic E-state index is 12.5. The summed E-state index contributed by atoms with van der Waals surface area (Å²) < 4.78 is 5.95. The van der Waals surface area contributed by atoms with E-state index in [-0.39, 0.29) is 11.9 Å². The summed E-state index contributed by atoms with van der Waals surface area (Å²) in [5.74, 6) is 2.17. The monoisotopic (exact) mass is 511 g/mol. The molecular weight excluding hydrogens is 486 g/mol. The van der Waals surface area contributed by atoms with Crippen LogP contribution in [0.25, 0.3) is 0 Å². The van der Waals surface area contributed by atoms with Gasteiger partial charge >= 0.3 is 0 Å². The maximum absolute atomic E-state index is 12.5. The van der Waals surface area contributed by atoms with Crippen LogP contribution in [0.15, 0.2) is 79.0 Å². The first-order chi connectivity index (χ1) is 18.1. The SMILES string of the molecule is N#Cc1ccc(Oc2ccccc2)cc1Cc1ncc(CN(Cc2cccc(Cl)c2)C2CCNC2=O)[nH]1. The molecule has 1 aromatic heterocycles. The van der Waals surface area contributed by atoms with Crippen LogP contribution in [0.3, 0.4) is 0 Å². The predicted octanol–water partition coefficient (Wildman–Crippen LogP) is 5.21. The molecule has 5 rings (SSSR count). The second kappa shape index (κ2) is 11.3. The summed E-state index contributed by atoms with van der Waals surface area (Å²) in [7, 11) is 0. The van der Waals surface area contributed by atoms with Gasteiger partial charge in [-0.05, 0) is 60.0 Å². The second-order valence-corrected chi connectivity index (χ2v) is 9.44. The summed E-state index contributed by atoms with van der Waals surface area (Å²) in [5.41, 5.74) is 3.33. The first-order valence-corrected chi connectivity index (χ1v) is 12.5. The van der Waals surface area contributed by atoms with Gasteiger partial charge in [-0.3, -0.25) is 9.69 Å². The zero-order valence-electron chi connectivity index (χ0n) is 20.2. The third-order valence-corrected chi connectivity index (χ3v) is 6.56. The number of hydrogen-bond acceptors (Lipinski definition) is 5. The van der Waals surface area contributed by atoms with Crippen molar-refractivity contribution in [2.75, 3.05) is 6.54 Å². The molecule has 1 atom stereocenters. The third-order valence-electron chi connectivity index (χ3n) is 6.32. The minimum atomic E-state index is -0.220. The fourth-order valence-electron chi connectivity index (χ4n) is 4.56. The average Bonchev–Trinajstić information content (AvgIpc) is 3.53. The predicted molar refractivity (Wildman–Crippen MR) is 141 cm³/mol. The van der Waals surface area contributed by atoms with E-state index in [1.807, 2.05) is 60.7 Å². The smallest absolute Gasteiger partial charge is 0.237 e. The lowest BCUT2D eigenvalue weighted by Crippen LogP contribution is -2.39. The molecule has 2 heterocycles. The van der Waals surface area contributed by atoms with Gasteiger partial charge in [-0.2, -0.15) is 5.26 Å². The van der Waals surface area contributed by atoms with Gasteiger partial charge in [0.15, 0.2) is 0 Å². The Hall–Kier alpha value is -4.12. The number of nitrogens with zero attached hydrogens (tertiary/aromatic N) is 3. The van der Waals surface area contributed by atoms with Crippen LogP contribution >= 0.6 is 11.6 Å². The van der Waals surface area contributed by atoms with Crippen LogP contribution in [-0.4, -0.2) is 33.4 Å². The number of benzene rings is 3. The Labute approximate surface area is 220 Å². The van der Waals surface area contributed by atoms with Gasteiger partial charge in [0.05, 0.1) is 17.7 Å². The molecule has 2 N–H and O–H groups in total. The van der Waals surface area contributed by atoms with E-state index in [0.29, 0.717) is 42.4 Å². The van der Waals surface area contributed by atoms with Crippen LogP contribution < -0.4 is 10.1 Å². The third kappa shape index (κ3) is 6.18. The van der Waals surface area contributed by atoms with Crippen LogP contribution in [0.1, 0.15) is 34.6 Å². The van der Waals surface area contributed by atoms with Gasteiger partial charge in [0.2, 0.25) is 5.91 Å². The number of nitriles is 1. The normalized spacial score (nSPS) is 14.9. The van der Waals surface area contributed by atoms with E-state index in [9.17, 15) is 10.1 Å². The highest BCUT2D eigenvalue weighted by Gasteiger charge is 2.30. The van der Waals surface area contributed by atoms with Gasteiger partial charge < -0.3 is 15.0 Å². The van der Waals surface area contributed by atoms with E-state index in [1.165, 1.54) is 0 Å². The molecule has 1 aliphatic rings. The summed E-state index contributed by atoms with van der Waals surface area (Å²) in [6.07, 6.45) is 3.00. The number of imidazole rings is 1. The van der Waals surface area contributed by atoms with Crippen molar-refractivity contribution in [3.05, 3.63) is 112 Å². The van der Waals surface area contributed by atoms with Gasteiger partial charge in [0, 0.05) is 43.0 Å². The minimum absolute atomic E-state index is 0.0376. The molecule has 0 saturated carbocycles. The number of ether oxygens (including phenoxy) is 1. The molecule has 7 nitrogen and oxygen atoms in total. The zero-order chi connectivity index (χ0) is 25.6. The number of hydrogen-bond donors (Lipinski definition) is 2. The molecule has 1 amide bonds. The Morgan fingerprint density at radius 2 is 1.92 bits per heavy atom. The number of aromatic nitrogens is 2. The molecule has 1 unspecified atom stereocenters. The minimum Gasteiger partial charge on any atom is -0.457 e. The van der Waals surface area contributed by atoms with Crippen LogP contribution in [-0.2, 0) is 24.3 Å². The molecule has 0 spiro atoms.